The van der Waals surface area contributed by atoms with Crippen LogP contribution in [0.3, 0.4) is 0 Å². The van der Waals surface area contributed by atoms with Gasteiger partial charge in [-0.3, -0.25) is 4.79 Å². The Bertz CT molecular complexity index is 740. The van der Waals surface area contributed by atoms with E-state index in [2.05, 4.69) is 16.7 Å². The van der Waals surface area contributed by atoms with Crippen molar-refractivity contribution in [1.29, 1.82) is 5.26 Å². The van der Waals surface area contributed by atoms with Crippen LogP contribution in [-0.4, -0.2) is 11.9 Å². The number of benzene rings is 2. The number of rotatable bonds is 5. The molecule has 2 rings (SSSR count). The number of anilines is 2. The van der Waals surface area contributed by atoms with Crippen LogP contribution < -0.4 is 10.6 Å². The molecule has 0 fully saturated rings. The SMILES string of the molecule is CC(Nc1ccc(CC#N)cc1)C(=O)Nc1ccc(F)c(Cl)c1. The standard InChI is InChI=1S/C17H15ClFN3O/c1-11(21-13-4-2-12(3-5-13)8-9-20)17(23)22-14-6-7-16(19)15(18)10-14/h2-7,10-11,21H,8H2,1H3,(H,22,23). The first-order valence-electron chi connectivity index (χ1n) is 6.98. The molecule has 23 heavy (non-hydrogen) atoms. The molecule has 0 saturated carbocycles. The van der Waals surface area contributed by atoms with E-state index in [0.29, 0.717) is 12.1 Å². The third-order valence-electron chi connectivity index (χ3n) is 3.20. The van der Waals surface area contributed by atoms with Gasteiger partial charge in [0.1, 0.15) is 11.9 Å². The number of carbonyl (C=O) groups excluding carboxylic acids is 1. The number of carbonyl (C=O) groups is 1. The topological polar surface area (TPSA) is 64.9 Å². The van der Waals surface area contributed by atoms with Crippen LogP contribution in [0.25, 0.3) is 0 Å². The first-order chi connectivity index (χ1) is 11.0. The van der Waals surface area contributed by atoms with E-state index in [1.165, 1.54) is 18.2 Å². The average molecular weight is 332 g/mol. The van der Waals surface area contributed by atoms with Crippen LogP contribution in [0.4, 0.5) is 15.8 Å². The third-order valence-corrected chi connectivity index (χ3v) is 3.49. The van der Waals surface area contributed by atoms with E-state index in [9.17, 15) is 9.18 Å². The van der Waals surface area contributed by atoms with Gasteiger partial charge in [-0.25, -0.2) is 4.39 Å². The minimum Gasteiger partial charge on any atom is -0.374 e. The molecular formula is C17H15ClFN3O. The van der Waals surface area contributed by atoms with Crippen molar-refractivity contribution >= 4 is 28.9 Å². The largest absolute Gasteiger partial charge is 0.374 e. The molecule has 0 bridgehead atoms. The van der Waals surface area contributed by atoms with E-state index < -0.39 is 11.9 Å². The fourth-order valence-corrected chi connectivity index (χ4v) is 2.13. The lowest BCUT2D eigenvalue weighted by atomic mass is 10.1. The highest BCUT2D eigenvalue weighted by atomic mass is 35.5. The molecule has 0 heterocycles. The molecule has 0 spiro atoms. The highest BCUT2D eigenvalue weighted by molar-refractivity contribution is 6.31. The van der Waals surface area contributed by atoms with Gasteiger partial charge in [-0.05, 0) is 42.8 Å². The molecule has 2 N–H and O–H groups in total. The molecule has 1 unspecified atom stereocenters. The zero-order valence-corrected chi connectivity index (χ0v) is 13.2. The van der Waals surface area contributed by atoms with Crippen LogP contribution in [0.2, 0.25) is 5.02 Å². The number of hydrogen-bond acceptors (Lipinski definition) is 3. The summed E-state index contributed by atoms with van der Waals surface area (Å²) in [6, 6.07) is 12.9. The molecule has 0 aliphatic rings. The van der Waals surface area contributed by atoms with Crippen molar-refractivity contribution in [3.05, 3.63) is 58.9 Å². The van der Waals surface area contributed by atoms with Crippen LogP contribution in [-0.2, 0) is 11.2 Å². The zero-order chi connectivity index (χ0) is 16.8. The van der Waals surface area contributed by atoms with E-state index in [0.717, 1.165) is 11.3 Å². The van der Waals surface area contributed by atoms with Gasteiger partial charge in [-0.1, -0.05) is 23.7 Å². The summed E-state index contributed by atoms with van der Waals surface area (Å²) in [5, 5.41) is 14.3. The maximum Gasteiger partial charge on any atom is 0.246 e. The van der Waals surface area contributed by atoms with Crippen molar-refractivity contribution in [3.8, 4) is 6.07 Å². The van der Waals surface area contributed by atoms with Gasteiger partial charge in [0.25, 0.3) is 0 Å². The number of nitrogens with one attached hydrogen (secondary N) is 2. The van der Waals surface area contributed by atoms with Gasteiger partial charge >= 0.3 is 0 Å². The summed E-state index contributed by atoms with van der Waals surface area (Å²) in [4.78, 5) is 12.1. The Morgan fingerprint density at radius 2 is 1.91 bits per heavy atom. The van der Waals surface area contributed by atoms with Crippen molar-refractivity contribution < 1.29 is 9.18 Å². The summed E-state index contributed by atoms with van der Waals surface area (Å²) < 4.78 is 13.1. The summed E-state index contributed by atoms with van der Waals surface area (Å²) in [5.41, 5.74) is 2.11. The van der Waals surface area contributed by atoms with Crippen LogP contribution in [0.5, 0.6) is 0 Å². The first-order valence-corrected chi connectivity index (χ1v) is 7.35. The van der Waals surface area contributed by atoms with Gasteiger partial charge in [0.15, 0.2) is 0 Å². The minimum atomic E-state index is -0.534. The van der Waals surface area contributed by atoms with Gasteiger partial charge in [0.05, 0.1) is 17.5 Å². The maximum atomic E-state index is 13.1. The highest BCUT2D eigenvalue weighted by Crippen LogP contribution is 2.19. The minimum absolute atomic E-state index is 0.0449. The maximum absolute atomic E-state index is 13.1. The monoisotopic (exact) mass is 331 g/mol. The second-order valence-electron chi connectivity index (χ2n) is 5.02. The Balaban J connectivity index is 1.96. The highest BCUT2D eigenvalue weighted by Gasteiger charge is 2.13. The lowest BCUT2D eigenvalue weighted by molar-refractivity contribution is -0.116. The Kier molecular flexibility index (Phi) is 5.56. The molecule has 0 radical (unpaired) electrons. The summed E-state index contributed by atoms with van der Waals surface area (Å²) in [5.74, 6) is -0.804. The zero-order valence-electron chi connectivity index (χ0n) is 12.4. The average Bonchev–Trinajstić information content (AvgIpc) is 2.53. The van der Waals surface area contributed by atoms with Crippen molar-refractivity contribution in [1.82, 2.24) is 0 Å². The Hall–Kier alpha value is -2.58. The predicted molar refractivity (Wildman–Crippen MR) is 88.9 cm³/mol. The molecule has 6 heteroatoms. The summed E-state index contributed by atoms with van der Waals surface area (Å²) in [6.45, 7) is 1.71. The van der Waals surface area contributed by atoms with Gasteiger partial charge < -0.3 is 10.6 Å². The summed E-state index contributed by atoms with van der Waals surface area (Å²) in [6.07, 6.45) is 0.349. The van der Waals surface area contributed by atoms with Gasteiger partial charge in [-0.15, -0.1) is 0 Å². The molecule has 1 amide bonds. The van der Waals surface area contributed by atoms with E-state index in [4.69, 9.17) is 16.9 Å². The van der Waals surface area contributed by atoms with Crippen molar-refractivity contribution in [2.24, 2.45) is 0 Å². The Morgan fingerprint density at radius 3 is 2.52 bits per heavy atom. The van der Waals surface area contributed by atoms with Crippen LogP contribution in [0.15, 0.2) is 42.5 Å². The number of hydrogen-bond donors (Lipinski definition) is 2. The number of nitriles is 1. The van der Waals surface area contributed by atoms with Crippen LogP contribution >= 0.6 is 11.6 Å². The lowest BCUT2D eigenvalue weighted by Crippen LogP contribution is -2.31. The van der Waals surface area contributed by atoms with Gasteiger partial charge in [0, 0.05) is 11.4 Å². The number of halogens is 2. The molecule has 0 aliphatic carbocycles. The normalized spacial score (nSPS) is 11.4. The smallest absolute Gasteiger partial charge is 0.246 e. The van der Waals surface area contributed by atoms with Gasteiger partial charge in [0.2, 0.25) is 5.91 Å². The molecular weight excluding hydrogens is 317 g/mol. The van der Waals surface area contributed by atoms with Gasteiger partial charge in [-0.2, -0.15) is 5.26 Å². The van der Waals surface area contributed by atoms with E-state index in [1.807, 2.05) is 24.3 Å². The molecule has 4 nitrogen and oxygen atoms in total. The number of amides is 1. The summed E-state index contributed by atoms with van der Waals surface area (Å²) >= 11 is 5.68. The van der Waals surface area contributed by atoms with Crippen molar-refractivity contribution in [2.45, 2.75) is 19.4 Å². The van der Waals surface area contributed by atoms with E-state index >= 15 is 0 Å². The molecule has 2 aromatic rings. The molecule has 0 aromatic heterocycles. The first kappa shape index (κ1) is 16.8. The van der Waals surface area contributed by atoms with Crippen molar-refractivity contribution in [3.63, 3.8) is 0 Å². The van der Waals surface area contributed by atoms with E-state index in [-0.39, 0.29) is 10.9 Å². The fourth-order valence-electron chi connectivity index (χ4n) is 1.95. The molecule has 2 aromatic carbocycles. The fraction of sp³-hybridized carbons (Fsp3) is 0.176. The van der Waals surface area contributed by atoms with Crippen LogP contribution in [0, 0.1) is 17.1 Å². The summed E-state index contributed by atoms with van der Waals surface area (Å²) in [7, 11) is 0. The molecule has 0 aliphatic heterocycles. The quantitative estimate of drug-likeness (QED) is 0.870. The predicted octanol–water partition coefficient (Wildman–Crippen LogP) is 3.98. The molecule has 1 atom stereocenters. The molecule has 0 saturated heterocycles. The van der Waals surface area contributed by atoms with E-state index in [1.54, 1.807) is 6.92 Å². The Morgan fingerprint density at radius 1 is 1.26 bits per heavy atom. The second-order valence-corrected chi connectivity index (χ2v) is 5.42. The number of nitrogens with zero attached hydrogens (tertiary/aromatic N) is 1. The van der Waals surface area contributed by atoms with Crippen molar-refractivity contribution in [2.75, 3.05) is 10.6 Å². The van der Waals surface area contributed by atoms with Crippen LogP contribution in [0.1, 0.15) is 12.5 Å². The lowest BCUT2D eigenvalue weighted by Gasteiger charge is -2.15. The Labute approximate surface area is 138 Å². The third kappa shape index (κ3) is 4.70. The molecule has 118 valence electrons. The second kappa shape index (κ2) is 7.61.